The summed E-state index contributed by atoms with van der Waals surface area (Å²) in [7, 11) is 0. The van der Waals surface area contributed by atoms with E-state index in [1.54, 1.807) is 18.2 Å². The smallest absolute Gasteiger partial charge is 0.404 e. The van der Waals surface area contributed by atoms with Crippen molar-refractivity contribution in [3.63, 3.8) is 0 Å². The number of amides is 3. The summed E-state index contributed by atoms with van der Waals surface area (Å²) < 4.78 is 10.2. The maximum absolute atomic E-state index is 12.7. The Morgan fingerprint density at radius 2 is 2.13 bits per heavy atom. The number of hydrogen-bond acceptors (Lipinski definition) is 8. The van der Waals surface area contributed by atoms with Gasteiger partial charge in [0.25, 0.3) is 5.91 Å². The van der Waals surface area contributed by atoms with E-state index in [2.05, 4.69) is 26.1 Å². The highest BCUT2D eigenvalue weighted by atomic mass is 16.5. The minimum absolute atomic E-state index is 0.110. The lowest BCUT2D eigenvalue weighted by Gasteiger charge is -2.19. The highest BCUT2D eigenvalue weighted by Gasteiger charge is 2.28. The zero-order valence-electron chi connectivity index (χ0n) is 16.7. The molecule has 1 fully saturated rings. The van der Waals surface area contributed by atoms with Crippen molar-refractivity contribution in [1.82, 2.24) is 20.2 Å². The number of benzene rings is 1. The van der Waals surface area contributed by atoms with E-state index in [-0.39, 0.29) is 31.4 Å². The lowest BCUT2D eigenvalue weighted by atomic mass is 10.1. The zero-order chi connectivity index (χ0) is 22.2. The van der Waals surface area contributed by atoms with Crippen LogP contribution in [-0.4, -0.2) is 65.1 Å². The molecule has 1 atom stereocenters. The van der Waals surface area contributed by atoms with Crippen LogP contribution < -0.4 is 15.8 Å². The number of aromatic nitrogens is 2. The van der Waals surface area contributed by atoms with E-state index in [0.29, 0.717) is 36.0 Å². The van der Waals surface area contributed by atoms with Gasteiger partial charge in [-0.1, -0.05) is 0 Å². The molecule has 1 aliphatic heterocycles. The van der Waals surface area contributed by atoms with E-state index >= 15 is 0 Å². The zero-order valence-corrected chi connectivity index (χ0v) is 16.7. The maximum Gasteiger partial charge on any atom is 0.404 e. The first-order chi connectivity index (χ1) is 15.0. The van der Waals surface area contributed by atoms with Gasteiger partial charge >= 0.3 is 6.09 Å². The van der Waals surface area contributed by atoms with Gasteiger partial charge in [-0.15, -0.1) is 0 Å². The average molecular weight is 426 g/mol. The summed E-state index contributed by atoms with van der Waals surface area (Å²) in [5.74, 6) is -0.348. The number of hydrogen-bond donors (Lipinski definition) is 2. The fraction of sp³-hybridized carbons (Fsp3) is 0.400. The van der Waals surface area contributed by atoms with Gasteiger partial charge in [0, 0.05) is 18.4 Å². The number of nitrogens with two attached hydrogens (primary N) is 1. The number of likely N-dealkylation sites (tertiary alicyclic amines) is 1. The Hall–Kier alpha value is -3.94. The molecule has 3 rings (SSSR count). The first-order valence-electron chi connectivity index (χ1n) is 9.76. The molecule has 2 aromatic rings. The van der Waals surface area contributed by atoms with E-state index in [1.807, 2.05) is 0 Å². The van der Waals surface area contributed by atoms with Crippen LogP contribution in [0.5, 0.6) is 5.75 Å². The quantitative estimate of drug-likeness (QED) is 0.584. The molecule has 0 radical (unpaired) electrons. The van der Waals surface area contributed by atoms with Crippen molar-refractivity contribution in [2.45, 2.75) is 25.3 Å². The predicted octanol–water partition coefficient (Wildman–Crippen LogP) is 0.738. The molecule has 2 heterocycles. The van der Waals surface area contributed by atoms with Crippen molar-refractivity contribution in [3.8, 4) is 11.8 Å². The van der Waals surface area contributed by atoms with Crippen LogP contribution in [0.4, 0.5) is 4.79 Å². The number of ether oxygens (including phenoxy) is 2. The Labute approximate surface area is 178 Å². The molecule has 1 aromatic heterocycles. The number of fused-ring (bicyclic) bond motifs is 1. The predicted molar refractivity (Wildman–Crippen MR) is 108 cm³/mol. The Kier molecular flexibility index (Phi) is 7.16. The van der Waals surface area contributed by atoms with Gasteiger partial charge in [0.15, 0.2) is 0 Å². The van der Waals surface area contributed by atoms with Gasteiger partial charge < -0.3 is 25.4 Å². The molecule has 11 heteroatoms. The molecule has 3 N–H and O–H groups in total. The Balaban J connectivity index is 1.63. The number of primary amides is 1. The van der Waals surface area contributed by atoms with Gasteiger partial charge in [0.1, 0.15) is 23.8 Å². The molecule has 11 nitrogen and oxygen atoms in total. The summed E-state index contributed by atoms with van der Waals surface area (Å²) in [6.07, 6.45) is 2.29. The monoisotopic (exact) mass is 426 g/mol. The summed E-state index contributed by atoms with van der Waals surface area (Å²) in [6.45, 7) is 0.697. The van der Waals surface area contributed by atoms with E-state index in [9.17, 15) is 14.4 Å². The fourth-order valence-corrected chi connectivity index (χ4v) is 3.27. The van der Waals surface area contributed by atoms with Crippen molar-refractivity contribution in [2.24, 2.45) is 5.73 Å². The molecular formula is C20H22N6O5. The first kappa shape index (κ1) is 21.8. The second kappa shape index (κ2) is 10.2. The van der Waals surface area contributed by atoms with Crippen LogP contribution >= 0.6 is 0 Å². The van der Waals surface area contributed by atoms with E-state index in [4.69, 9.17) is 15.7 Å². The molecule has 31 heavy (non-hydrogen) atoms. The standard InChI is InChI=1S/C20H22N6O5/c21-10-13-3-1-6-26(13)17(27)11-23-19(28)18-15-9-14(4-5-16(15)24-12-25-18)30-7-2-8-31-20(22)29/h4-5,9,12-13H,1-3,6-8,11H2,(H2,22,29)(H,23,28)/t13-/m0/s1. The molecule has 0 unspecified atom stereocenters. The largest absolute Gasteiger partial charge is 0.493 e. The summed E-state index contributed by atoms with van der Waals surface area (Å²) >= 11 is 0. The third-order valence-electron chi connectivity index (χ3n) is 4.75. The summed E-state index contributed by atoms with van der Waals surface area (Å²) in [5, 5.41) is 12.2. The summed E-state index contributed by atoms with van der Waals surface area (Å²) in [5.41, 5.74) is 5.55. The summed E-state index contributed by atoms with van der Waals surface area (Å²) in [4.78, 5) is 45.2. The van der Waals surface area contributed by atoms with Gasteiger partial charge in [-0.2, -0.15) is 5.26 Å². The number of nitrogens with one attached hydrogen (secondary N) is 1. The topological polar surface area (TPSA) is 161 Å². The maximum atomic E-state index is 12.7. The number of nitriles is 1. The Morgan fingerprint density at radius 1 is 1.29 bits per heavy atom. The van der Waals surface area contributed by atoms with Gasteiger partial charge in [0.2, 0.25) is 5.91 Å². The normalized spacial score (nSPS) is 15.3. The molecule has 0 spiro atoms. The van der Waals surface area contributed by atoms with Crippen molar-refractivity contribution in [1.29, 1.82) is 5.26 Å². The average Bonchev–Trinajstić information content (AvgIpc) is 3.25. The number of rotatable bonds is 8. The third-order valence-corrected chi connectivity index (χ3v) is 4.75. The van der Waals surface area contributed by atoms with Gasteiger partial charge in [-0.05, 0) is 31.0 Å². The minimum Gasteiger partial charge on any atom is -0.493 e. The molecule has 3 amide bonds. The van der Waals surface area contributed by atoms with Crippen LogP contribution in [0.25, 0.3) is 10.9 Å². The highest BCUT2D eigenvalue weighted by Crippen LogP contribution is 2.22. The lowest BCUT2D eigenvalue weighted by Crippen LogP contribution is -2.42. The summed E-state index contributed by atoms with van der Waals surface area (Å²) in [6, 6.07) is 6.68. The molecule has 0 saturated carbocycles. The van der Waals surface area contributed by atoms with Crippen molar-refractivity contribution in [3.05, 3.63) is 30.2 Å². The van der Waals surface area contributed by atoms with Crippen LogP contribution in [0.2, 0.25) is 0 Å². The van der Waals surface area contributed by atoms with E-state index in [1.165, 1.54) is 11.2 Å². The van der Waals surface area contributed by atoms with Crippen LogP contribution in [0.3, 0.4) is 0 Å². The molecule has 0 bridgehead atoms. The molecule has 1 aromatic carbocycles. The molecule has 1 aliphatic rings. The number of carbonyl (C=O) groups excluding carboxylic acids is 3. The fourth-order valence-electron chi connectivity index (χ4n) is 3.27. The second-order valence-electron chi connectivity index (χ2n) is 6.83. The molecular weight excluding hydrogens is 404 g/mol. The van der Waals surface area contributed by atoms with E-state index < -0.39 is 18.0 Å². The number of carbonyl (C=O) groups is 3. The van der Waals surface area contributed by atoms with Crippen molar-refractivity contribution < 1.29 is 23.9 Å². The van der Waals surface area contributed by atoms with Crippen molar-refractivity contribution >= 4 is 28.8 Å². The Morgan fingerprint density at radius 3 is 2.90 bits per heavy atom. The van der Waals surface area contributed by atoms with Crippen LogP contribution in [-0.2, 0) is 9.53 Å². The Bertz CT molecular complexity index is 1020. The van der Waals surface area contributed by atoms with Crippen LogP contribution in [0.15, 0.2) is 24.5 Å². The van der Waals surface area contributed by atoms with Gasteiger partial charge in [0.05, 0.1) is 31.3 Å². The van der Waals surface area contributed by atoms with Crippen LogP contribution in [0, 0.1) is 11.3 Å². The van der Waals surface area contributed by atoms with Gasteiger partial charge in [-0.3, -0.25) is 9.59 Å². The second-order valence-corrected chi connectivity index (χ2v) is 6.83. The van der Waals surface area contributed by atoms with Crippen LogP contribution in [0.1, 0.15) is 29.8 Å². The SMILES string of the molecule is N#C[C@@H]1CCCN1C(=O)CNC(=O)c1ncnc2ccc(OCCCOC(N)=O)cc12. The molecule has 162 valence electrons. The molecule has 0 aliphatic carbocycles. The lowest BCUT2D eigenvalue weighted by molar-refractivity contribution is -0.130. The highest BCUT2D eigenvalue weighted by molar-refractivity contribution is 6.05. The van der Waals surface area contributed by atoms with E-state index in [0.717, 1.165) is 6.42 Å². The minimum atomic E-state index is -0.843. The van der Waals surface area contributed by atoms with Crippen molar-refractivity contribution in [2.75, 3.05) is 26.3 Å². The first-order valence-corrected chi connectivity index (χ1v) is 9.76. The molecule has 1 saturated heterocycles. The number of nitrogens with zero attached hydrogens (tertiary/aromatic N) is 4. The third kappa shape index (κ3) is 5.57. The van der Waals surface area contributed by atoms with Gasteiger partial charge in [-0.25, -0.2) is 14.8 Å².